The number of amides is 1. The van der Waals surface area contributed by atoms with E-state index in [0.29, 0.717) is 25.3 Å². The molecule has 118 valence electrons. The van der Waals surface area contributed by atoms with Crippen molar-refractivity contribution < 1.29 is 9.90 Å². The van der Waals surface area contributed by atoms with E-state index in [-0.39, 0.29) is 24.4 Å². The highest BCUT2D eigenvalue weighted by atomic mass is 35.5. The van der Waals surface area contributed by atoms with E-state index in [1.165, 1.54) is 11.1 Å². The van der Waals surface area contributed by atoms with E-state index < -0.39 is 6.10 Å². The van der Waals surface area contributed by atoms with Crippen LogP contribution >= 0.6 is 12.4 Å². The molecule has 1 amide bonds. The predicted octanol–water partition coefficient (Wildman–Crippen LogP) is 1.65. The quantitative estimate of drug-likeness (QED) is 0.775. The summed E-state index contributed by atoms with van der Waals surface area (Å²) in [5.41, 5.74) is 2.49. The highest BCUT2D eigenvalue weighted by Gasteiger charge is 2.24. The van der Waals surface area contributed by atoms with E-state index in [4.69, 9.17) is 0 Å². The molecule has 1 aliphatic rings. The van der Waals surface area contributed by atoms with E-state index in [2.05, 4.69) is 36.6 Å². The van der Waals surface area contributed by atoms with Gasteiger partial charge in [0, 0.05) is 13.1 Å². The number of aliphatic hydroxyl groups excluding tert-OH is 1. The van der Waals surface area contributed by atoms with Gasteiger partial charge in [0.1, 0.15) is 0 Å². The fourth-order valence-electron chi connectivity index (χ4n) is 2.61. The van der Waals surface area contributed by atoms with Gasteiger partial charge < -0.3 is 15.7 Å². The van der Waals surface area contributed by atoms with Crippen LogP contribution < -0.4 is 10.6 Å². The number of fused-ring (bicyclic) bond motifs is 1. The summed E-state index contributed by atoms with van der Waals surface area (Å²) in [4.78, 5) is 12.1. The third kappa shape index (κ3) is 5.30. The van der Waals surface area contributed by atoms with Gasteiger partial charge in [-0.05, 0) is 29.9 Å². The molecule has 3 N–H and O–H groups in total. The van der Waals surface area contributed by atoms with Gasteiger partial charge in [0.2, 0.25) is 5.91 Å². The number of aliphatic hydroxyl groups is 1. The summed E-state index contributed by atoms with van der Waals surface area (Å²) in [5, 5.41) is 15.9. The fraction of sp³-hybridized carbons (Fsp3) is 0.562. The van der Waals surface area contributed by atoms with Gasteiger partial charge in [0.05, 0.1) is 12.1 Å². The van der Waals surface area contributed by atoms with Gasteiger partial charge in [-0.3, -0.25) is 4.79 Å². The van der Waals surface area contributed by atoms with Crippen molar-refractivity contribution >= 4 is 18.3 Å². The molecule has 2 atom stereocenters. The molecule has 5 heteroatoms. The predicted molar refractivity (Wildman–Crippen MR) is 86.5 cm³/mol. The molecule has 0 radical (unpaired) electrons. The van der Waals surface area contributed by atoms with Crippen LogP contribution in [0.2, 0.25) is 0 Å². The highest BCUT2D eigenvalue weighted by Crippen LogP contribution is 2.16. The number of carbonyl (C=O) groups excluding carboxylic acids is 1. The standard InChI is InChI=1S/C16H24N2O2.ClH/c1-11(2)7-14(19)10-18-16(20)15-8-12-5-3-4-6-13(12)9-17-15;/h3-6,11,14-15,17,19H,7-10H2,1-2H3,(H,18,20);1H. The molecule has 0 fully saturated rings. The zero-order chi connectivity index (χ0) is 14.5. The van der Waals surface area contributed by atoms with Gasteiger partial charge >= 0.3 is 0 Å². The number of carbonyl (C=O) groups is 1. The van der Waals surface area contributed by atoms with E-state index in [9.17, 15) is 9.90 Å². The van der Waals surface area contributed by atoms with Crippen molar-refractivity contribution in [3.63, 3.8) is 0 Å². The molecule has 0 aliphatic carbocycles. The number of hydrogen-bond acceptors (Lipinski definition) is 3. The van der Waals surface area contributed by atoms with Crippen LogP contribution in [-0.2, 0) is 17.8 Å². The summed E-state index contributed by atoms with van der Waals surface area (Å²) < 4.78 is 0. The minimum atomic E-state index is -0.463. The Balaban J connectivity index is 0.00000220. The highest BCUT2D eigenvalue weighted by molar-refractivity contribution is 5.85. The largest absolute Gasteiger partial charge is 0.391 e. The maximum Gasteiger partial charge on any atom is 0.237 e. The van der Waals surface area contributed by atoms with Crippen LogP contribution in [0.5, 0.6) is 0 Å². The molecule has 2 rings (SSSR count). The van der Waals surface area contributed by atoms with Crippen molar-refractivity contribution in [1.82, 2.24) is 10.6 Å². The zero-order valence-electron chi connectivity index (χ0n) is 12.6. The zero-order valence-corrected chi connectivity index (χ0v) is 13.5. The van der Waals surface area contributed by atoms with E-state index >= 15 is 0 Å². The molecular formula is C16H25ClN2O2. The van der Waals surface area contributed by atoms with Crippen molar-refractivity contribution in [1.29, 1.82) is 0 Å². The number of nitrogens with one attached hydrogen (secondary N) is 2. The summed E-state index contributed by atoms with van der Waals surface area (Å²) in [7, 11) is 0. The molecule has 21 heavy (non-hydrogen) atoms. The van der Waals surface area contributed by atoms with Crippen molar-refractivity contribution in [2.75, 3.05) is 6.54 Å². The van der Waals surface area contributed by atoms with E-state index in [1.807, 2.05) is 12.1 Å². The lowest BCUT2D eigenvalue weighted by Gasteiger charge is -2.25. The van der Waals surface area contributed by atoms with Crippen LogP contribution in [0, 0.1) is 5.92 Å². The topological polar surface area (TPSA) is 61.4 Å². The molecular weight excluding hydrogens is 288 g/mol. The monoisotopic (exact) mass is 312 g/mol. The lowest BCUT2D eigenvalue weighted by Crippen LogP contribution is -2.49. The van der Waals surface area contributed by atoms with Crippen LogP contribution in [0.25, 0.3) is 0 Å². The minimum Gasteiger partial charge on any atom is -0.391 e. The van der Waals surface area contributed by atoms with Crippen molar-refractivity contribution in [3.05, 3.63) is 35.4 Å². The Hall–Kier alpha value is -1.10. The van der Waals surface area contributed by atoms with Gasteiger partial charge in [0.25, 0.3) is 0 Å². The average Bonchev–Trinajstić information content (AvgIpc) is 2.43. The van der Waals surface area contributed by atoms with Crippen LogP contribution in [0.1, 0.15) is 31.4 Å². The van der Waals surface area contributed by atoms with Crippen LogP contribution in [0.4, 0.5) is 0 Å². The third-order valence-electron chi connectivity index (χ3n) is 3.65. The number of halogens is 1. The summed E-state index contributed by atoms with van der Waals surface area (Å²) in [6.07, 6.45) is 0.957. The van der Waals surface area contributed by atoms with Gasteiger partial charge in [-0.1, -0.05) is 38.1 Å². The first-order chi connectivity index (χ1) is 9.56. The lowest BCUT2D eigenvalue weighted by molar-refractivity contribution is -0.123. The molecule has 0 aromatic heterocycles. The molecule has 1 aromatic carbocycles. The SMILES string of the molecule is CC(C)CC(O)CNC(=O)C1Cc2ccccc2CN1.Cl. The Morgan fingerprint density at radius 3 is 2.71 bits per heavy atom. The summed E-state index contributed by atoms with van der Waals surface area (Å²) in [6, 6.07) is 7.98. The van der Waals surface area contributed by atoms with Crippen LogP contribution in [0.15, 0.2) is 24.3 Å². The Morgan fingerprint density at radius 1 is 1.38 bits per heavy atom. The number of benzene rings is 1. The summed E-state index contributed by atoms with van der Waals surface area (Å²) in [6.45, 7) is 5.18. The second kappa shape index (κ2) is 8.37. The Morgan fingerprint density at radius 2 is 2.05 bits per heavy atom. The maximum atomic E-state index is 12.1. The van der Waals surface area contributed by atoms with Crippen LogP contribution in [0.3, 0.4) is 0 Å². The van der Waals surface area contributed by atoms with Crippen molar-refractivity contribution in [2.24, 2.45) is 5.92 Å². The minimum absolute atomic E-state index is 0. The average molecular weight is 313 g/mol. The molecule has 1 heterocycles. The lowest BCUT2D eigenvalue weighted by atomic mass is 9.95. The van der Waals surface area contributed by atoms with Crippen molar-refractivity contribution in [3.8, 4) is 0 Å². The normalized spacial score (nSPS) is 18.6. The Kier molecular flexibility index (Phi) is 7.15. The molecule has 2 unspecified atom stereocenters. The number of rotatable bonds is 5. The molecule has 0 spiro atoms. The van der Waals surface area contributed by atoms with Gasteiger partial charge in [-0.2, -0.15) is 0 Å². The van der Waals surface area contributed by atoms with Crippen molar-refractivity contribution in [2.45, 2.75) is 45.4 Å². The Labute approximate surface area is 132 Å². The molecule has 0 saturated heterocycles. The summed E-state index contributed by atoms with van der Waals surface area (Å²) >= 11 is 0. The maximum absolute atomic E-state index is 12.1. The molecule has 0 bridgehead atoms. The van der Waals surface area contributed by atoms with E-state index in [0.717, 1.165) is 6.54 Å². The number of hydrogen-bond donors (Lipinski definition) is 3. The van der Waals surface area contributed by atoms with Crippen LogP contribution in [-0.4, -0.2) is 29.7 Å². The Bertz CT molecular complexity index is 465. The molecule has 1 aromatic rings. The second-order valence-corrected chi connectivity index (χ2v) is 5.93. The van der Waals surface area contributed by atoms with E-state index in [1.54, 1.807) is 0 Å². The fourth-order valence-corrected chi connectivity index (χ4v) is 2.61. The first kappa shape index (κ1) is 18.0. The van der Waals surface area contributed by atoms with Gasteiger partial charge in [0.15, 0.2) is 0 Å². The molecule has 4 nitrogen and oxygen atoms in total. The smallest absolute Gasteiger partial charge is 0.237 e. The van der Waals surface area contributed by atoms with Gasteiger partial charge in [-0.25, -0.2) is 0 Å². The third-order valence-corrected chi connectivity index (χ3v) is 3.65. The first-order valence-corrected chi connectivity index (χ1v) is 7.32. The summed E-state index contributed by atoms with van der Waals surface area (Å²) in [5.74, 6) is 0.406. The van der Waals surface area contributed by atoms with Gasteiger partial charge in [-0.15, -0.1) is 12.4 Å². The first-order valence-electron chi connectivity index (χ1n) is 7.32. The second-order valence-electron chi connectivity index (χ2n) is 5.93. The molecule has 1 aliphatic heterocycles. The molecule has 0 saturated carbocycles.